The maximum atomic E-state index is 13.2. The molecule has 2 saturated carbocycles. The van der Waals surface area contributed by atoms with Gasteiger partial charge in [-0.15, -0.1) is 0 Å². The van der Waals surface area contributed by atoms with Crippen LogP contribution in [0.2, 0.25) is 0 Å². The zero-order valence-electron chi connectivity index (χ0n) is 14.7. The third-order valence-corrected chi connectivity index (χ3v) is 7.57. The molecule has 3 unspecified atom stereocenters. The minimum atomic E-state index is -1.23. The monoisotopic (exact) mass is 348 g/mol. The third-order valence-electron chi connectivity index (χ3n) is 7.57. The SMILES string of the molecule is C[C@@H]1C[C@H](C)C(=O)C2C[C@@H]3C(O)C4O[C@]25/C(=C\1O)C(=O)O[C@]35C[C@H]4C. The number of rotatable bonds is 0. The Morgan fingerprint density at radius 2 is 1.84 bits per heavy atom. The van der Waals surface area contributed by atoms with Gasteiger partial charge in [0.2, 0.25) is 0 Å². The zero-order chi connectivity index (χ0) is 17.9. The van der Waals surface area contributed by atoms with Gasteiger partial charge in [0.1, 0.15) is 17.1 Å². The largest absolute Gasteiger partial charge is 0.511 e. The van der Waals surface area contributed by atoms with Crippen molar-refractivity contribution in [1.29, 1.82) is 0 Å². The number of carbonyl (C=O) groups excluding carboxylic acids is 2. The summed E-state index contributed by atoms with van der Waals surface area (Å²) in [6.07, 6.45) is 0.318. The molecular formula is C19H24O6. The minimum Gasteiger partial charge on any atom is -0.511 e. The predicted molar refractivity (Wildman–Crippen MR) is 85.4 cm³/mol. The molecule has 6 heteroatoms. The molecule has 9 atom stereocenters. The van der Waals surface area contributed by atoms with Gasteiger partial charge in [-0.3, -0.25) is 4.79 Å². The lowest BCUT2D eigenvalue weighted by molar-refractivity contribution is -0.300. The summed E-state index contributed by atoms with van der Waals surface area (Å²) >= 11 is 0. The second-order valence-electron chi connectivity index (χ2n) is 8.86. The number of fused-ring (bicyclic) bond motifs is 1. The average Bonchev–Trinajstić information content (AvgIpc) is 2.90. The highest BCUT2D eigenvalue weighted by molar-refractivity contribution is 5.99. The van der Waals surface area contributed by atoms with Crippen LogP contribution in [0.1, 0.15) is 40.0 Å². The number of hydrogen-bond acceptors (Lipinski definition) is 6. The van der Waals surface area contributed by atoms with Crippen LogP contribution in [0.15, 0.2) is 11.3 Å². The summed E-state index contributed by atoms with van der Waals surface area (Å²) in [6, 6.07) is 0. The Labute approximate surface area is 146 Å². The molecule has 2 spiro atoms. The molecule has 0 aromatic heterocycles. The Morgan fingerprint density at radius 1 is 1.12 bits per heavy atom. The van der Waals surface area contributed by atoms with Crippen LogP contribution in [0, 0.1) is 29.6 Å². The van der Waals surface area contributed by atoms with E-state index in [4.69, 9.17) is 9.47 Å². The van der Waals surface area contributed by atoms with Crippen molar-refractivity contribution in [3.63, 3.8) is 0 Å². The van der Waals surface area contributed by atoms with Gasteiger partial charge < -0.3 is 19.7 Å². The van der Waals surface area contributed by atoms with E-state index in [2.05, 4.69) is 0 Å². The molecule has 3 aliphatic heterocycles. The summed E-state index contributed by atoms with van der Waals surface area (Å²) in [7, 11) is 0. The second kappa shape index (κ2) is 4.46. The van der Waals surface area contributed by atoms with Crippen molar-refractivity contribution in [3.05, 3.63) is 11.3 Å². The van der Waals surface area contributed by atoms with Gasteiger partial charge in [0.25, 0.3) is 0 Å². The van der Waals surface area contributed by atoms with Crippen LogP contribution >= 0.6 is 0 Å². The standard InChI is InChI=1S/C19H24O6/c1-7-4-8(2)14(21)12-17(23)25-18-6-9(3)16-15(22)10(18)5-11(13(7)20)19(12,18)24-16/h7-11,15-16,21-22H,4-6H2,1-3H3/b14-12+/t7-,8+,9+,10+,11?,15?,16?,18+,19-/m0/s1. The Morgan fingerprint density at radius 3 is 2.56 bits per heavy atom. The average molecular weight is 348 g/mol. The fourth-order valence-corrected chi connectivity index (χ4v) is 6.61. The first-order valence-electron chi connectivity index (χ1n) is 9.31. The lowest BCUT2D eigenvalue weighted by Gasteiger charge is -2.58. The van der Waals surface area contributed by atoms with Crippen molar-refractivity contribution >= 4 is 11.8 Å². The Hall–Kier alpha value is -1.40. The van der Waals surface area contributed by atoms with E-state index in [0.29, 0.717) is 19.3 Å². The molecule has 6 aliphatic rings. The van der Waals surface area contributed by atoms with Crippen LogP contribution in [0.4, 0.5) is 0 Å². The van der Waals surface area contributed by atoms with Crippen molar-refractivity contribution in [3.8, 4) is 0 Å². The Bertz CT molecular complexity index is 727. The molecule has 5 fully saturated rings. The van der Waals surface area contributed by atoms with E-state index in [1.54, 1.807) is 0 Å². The van der Waals surface area contributed by atoms with Crippen LogP contribution < -0.4 is 0 Å². The number of aliphatic hydroxyl groups is 2. The minimum absolute atomic E-state index is 0.00145. The van der Waals surface area contributed by atoms with Crippen LogP contribution in [-0.4, -0.2) is 45.4 Å². The van der Waals surface area contributed by atoms with E-state index in [0.717, 1.165) is 0 Å². The van der Waals surface area contributed by atoms with E-state index < -0.39 is 35.3 Å². The summed E-state index contributed by atoms with van der Waals surface area (Å²) in [5, 5.41) is 21.7. The summed E-state index contributed by atoms with van der Waals surface area (Å²) in [5.74, 6) is -1.89. The third kappa shape index (κ3) is 1.48. The molecule has 136 valence electrons. The molecule has 6 nitrogen and oxygen atoms in total. The van der Waals surface area contributed by atoms with Gasteiger partial charge in [-0.25, -0.2) is 4.79 Å². The number of ether oxygens (including phenoxy) is 2. The highest BCUT2D eigenvalue weighted by Crippen LogP contribution is 2.70. The molecule has 0 radical (unpaired) electrons. The number of hydrogen-bond donors (Lipinski definition) is 2. The number of carbonyl (C=O) groups is 2. The first kappa shape index (κ1) is 15.8. The molecule has 4 bridgehead atoms. The zero-order valence-corrected chi connectivity index (χ0v) is 14.7. The van der Waals surface area contributed by atoms with E-state index in [-0.39, 0.29) is 40.8 Å². The van der Waals surface area contributed by atoms with Gasteiger partial charge >= 0.3 is 5.97 Å². The van der Waals surface area contributed by atoms with Crippen LogP contribution in [-0.2, 0) is 19.1 Å². The molecule has 2 N–H and O–H groups in total. The van der Waals surface area contributed by atoms with Gasteiger partial charge in [0, 0.05) is 17.8 Å². The van der Waals surface area contributed by atoms with Crippen LogP contribution in [0.25, 0.3) is 0 Å². The van der Waals surface area contributed by atoms with Crippen molar-refractivity contribution in [2.75, 3.05) is 0 Å². The van der Waals surface area contributed by atoms with Gasteiger partial charge in [0.05, 0.1) is 18.1 Å². The fourth-order valence-electron chi connectivity index (χ4n) is 6.61. The number of esters is 1. The number of ketones is 1. The van der Waals surface area contributed by atoms with Gasteiger partial charge in [-0.05, 0) is 25.2 Å². The summed E-state index contributed by atoms with van der Waals surface area (Å²) in [5.41, 5.74) is -2.11. The van der Waals surface area contributed by atoms with Crippen molar-refractivity contribution in [2.24, 2.45) is 29.6 Å². The van der Waals surface area contributed by atoms with Crippen molar-refractivity contribution in [2.45, 2.75) is 63.4 Å². The lowest BCUT2D eigenvalue weighted by atomic mass is 9.59. The Balaban J connectivity index is 1.82. The first-order valence-corrected chi connectivity index (χ1v) is 9.31. The molecule has 3 aliphatic carbocycles. The molecule has 0 amide bonds. The van der Waals surface area contributed by atoms with E-state index >= 15 is 0 Å². The van der Waals surface area contributed by atoms with Crippen LogP contribution in [0.5, 0.6) is 0 Å². The van der Waals surface area contributed by atoms with Crippen molar-refractivity contribution in [1.82, 2.24) is 0 Å². The van der Waals surface area contributed by atoms with E-state index in [1.807, 2.05) is 20.8 Å². The quantitative estimate of drug-likeness (QED) is 0.645. The summed E-state index contributed by atoms with van der Waals surface area (Å²) in [6.45, 7) is 5.68. The predicted octanol–water partition coefficient (Wildman–Crippen LogP) is 1.51. The number of Topliss-reactive ketones (excluding diaryl/α,β-unsaturated/α-hetero) is 1. The molecule has 0 aromatic rings. The maximum Gasteiger partial charge on any atom is 0.341 e. The highest BCUT2D eigenvalue weighted by atomic mass is 16.6. The van der Waals surface area contributed by atoms with E-state index in [1.165, 1.54) is 0 Å². The summed E-state index contributed by atoms with van der Waals surface area (Å²) < 4.78 is 12.3. The fraction of sp³-hybridized carbons (Fsp3) is 0.789. The number of aliphatic hydroxyl groups excluding tert-OH is 2. The van der Waals surface area contributed by atoms with Crippen molar-refractivity contribution < 1.29 is 29.3 Å². The topological polar surface area (TPSA) is 93.1 Å². The normalized spacial score (nSPS) is 59.4. The van der Waals surface area contributed by atoms with Crippen LogP contribution in [0.3, 0.4) is 0 Å². The molecule has 3 heterocycles. The van der Waals surface area contributed by atoms with Gasteiger partial charge in [-0.2, -0.15) is 0 Å². The van der Waals surface area contributed by atoms with Gasteiger partial charge in [-0.1, -0.05) is 20.8 Å². The molecule has 25 heavy (non-hydrogen) atoms. The van der Waals surface area contributed by atoms with E-state index in [9.17, 15) is 19.8 Å². The van der Waals surface area contributed by atoms with Gasteiger partial charge in [0.15, 0.2) is 11.2 Å². The first-order chi connectivity index (χ1) is 11.7. The maximum absolute atomic E-state index is 13.2. The lowest BCUT2D eigenvalue weighted by Crippen LogP contribution is -2.72. The smallest absolute Gasteiger partial charge is 0.341 e. The molecule has 0 aromatic carbocycles. The Kier molecular flexibility index (Phi) is 2.83. The molecule has 6 rings (SSSR count). The second-order valence-corrected chi connectivity index (χ2v) is 8.86. The number of allylic oxidation sites excluding steroid dienone is 1. The highest BCUT2D eigenvalue weighted by Gasteiger charge is 2.84. The summed E-state index contributed by atoms with van der Waals surface area (Å²) in [4.78, 5) is 26.1. The molecule has 3 saturated heterocycles. The molecular weight excluding hydrogens is 324 g/mol.